The second-order valence-electron chi connectivity index (χ2n) is 10.5. The number of urea groups is 2. The highest BCUT2D eigenvalue weighted by Gasteiger charge is 2.56. The molecular weight excluding hydrogens is 615 g/mol. The molecule has 42 heavy (non-hydrogen) atoms. The van der Waals surface area contributed by atoms with Crippen LogP contribution in [0, 0.1) is 5.92 Å². The number of halogens is 8. The standard InChI is InChI=1S/C17H16ClF3N4O3.C9H7ClF3N/c18-12-4-9-6-25(5-8(9)3-11(12)17(19,20)21)15(28)22-7-16(10-1-2-10)13(26)23-14(27)24-16;10-8-2-6-4-14-3-5(6)1-7(8)9(11,12)13/h3-4,10H,1-2,5-7H2,(H,22,28)(H2,23,24,26,27);1-2,14H,3-4H2/t16-;/m0./s1. The lowest BCUT2D eigenvalue weighted by Crippen LogP contribution is -2.58. The van der Waals surface area contributed by atoms with Crippen molar-refractivity contribution in [2.24, 2.45) is 5.92 Å². The number of carbonyl (C=O) groups excluding carboxylic acids is 3. The second kappa shape index (κ2) is 10.8. The van der Waals surface area contributed by atoms with Gasteiger partial charge in [0.05, 0.1) is 27.7 Å². The van der Waals surface area contributed by atoms with E-state index in [0.29, 0.717) is 29.8 Å². The van der Waals surface area contributed by atoms with Crippen molar-refractivity contribution in [3.8, 4) is 0 Å². The smallest absolute Gasteiger partial charge is 0.335 e. The van der Waals surface area contributed by atoms with Gasteiger partial charge in [0.2, 0.25) is 0 Å². The van der Waals surface area contributed by atoms with Gasteiger partial charge < -0.3 is 20.9 Å². The molecule has 3 heterocycles. The Hall–Kier alpha value is -3.23. The van der Waals surface area contributed by atoms with Gasteiger partial charge in [-0.2, -0.15) is 26.3 Å². The first-order valence-electron chi connectivity index (χ1n) is 12.7. The van der Waals surface area contributed by atoms with Crippen LogP contribution in [0.25, 0.3) is 0 Å². The third-order valence-corrected chi connectivity index (χ3v) is 8.22. The lowest BCUT2D eigenvalue weighted by atomic mass is 9.93. The number of nitrogens with one attached hydrogen (secondary N) is 4. The zero-order valence-corrected chi connectivity index (χ0v) is 23.0. The average Bonchev–Trinajstić information content (AvgIpc) is 3.38. The molecule has 0 bridgehead atoms. The summed E-state index contributed by atoms with van der Waals surface area (Å²) in [4.78, 5) is 37.6. The molecule has 0 unspecified atom stereocenters. The summed E-state index contributed by atoms with van der Waals surface area (Å²) < 4.78 is 76.3. The number of nitrogens with zero attached hydrogens (tertiary/aromatic N) is 1. The molecule has 0 aromatic heterocycles. The highest BCUT2D eigenvalue weighted by molar-refractivity contribution is 6.31. The molecule has 1 saturated heterocycles. The molecule has 0 spiro atoms. The number of hydrogen-bond donors (Lipinski definition) is 4. The lowest BCUT2D eigenvalue weighted by molar-refractivity contribution is -0.138. The molecule has 1 saturated carbocycles. The number of benzene rings is 2. The molecule has 1 atom stereocenters. The van der Waals surface area contributed by atoms with Crippen molar-refractivity contribution >= 4 is 41.2 Å². The molecule has 16 heteroatoms. The van der Waals surface area contributed by atoms with Crippen molar-refractivity contribution in [1.29, 1.82) is 0 Å². The molecule has 2 aromatic carbocycles. The number of carbonyl (C=O) groups is 3. The van der Waals surface area contributed by atoms with E-state index >= 15 is 0 Å². The van der Waals surface area contributed by atoms with Crippen LogP contribution >= 0.6 is 23.2 Å². The minimum Gasteiger partial charge on any atom is -0.335 e. The van der Waals surface area contributed by atoms with Crippen molar-refractivity contribution in [1.82, 2.24) is 26.2 Å². The number of fused-ring (bicyclic) bond motifs is 2. The Bertz CT molecular complexity index is 1460. The first-order valence-corrected chi connectivity index (χ1v) is 13.5. The zero-order valence-electron chi connectivity index (χ0n) is 21.5. The van der Waals surface area contributed by atoms with Crippen molar-refractivity contribution in [3.63, 3.8) is 0 Å². The normalized spacial score (nSPS) is 21.3. The molecule has 5 amide bonds. The highest BCUT2D eigenvalue weighted by Crippen LogP contribution is 2.42. The maximum Gasteiger partial charge on any atom is 0.417 e. The van der Waals surface area contributed by atoms with Crippen LogP contribution in [-0.4, -0.2) is 35.0 Å². The van der Waals surface area contributed by atoms with Crippen molar-refractivity contribution in [2.45, 2.75) is 56.9 Å². The monoisotopic (exact) mass is 637 g/mol. The minimum atomic E-state index is -4.58. The Kier molecular flexibility index (Phi) is 7.77. The molecular formula is C26H23Cl2F6N5O3. The summed E-state index contributed by atoms with van der Waals surface area (Å²) in [5.74, 6) is -0.533. The quantitative estimate of drug-likeness (QED) is 0.270. The number of hydrogen-bond acceptors (Lipinski definition) is 4. The van der Waals surface area contributed by atoms with E-state index in [1.807, 2.05) is 0 Å². The Morgan fingerprint density at radius 2 is 1.38 bits per heavy atom. The van der Waals surface area contributed by atoms with E-state index < -0.39 is 52.0 Å². The number of imide groups is 1. The first-order chi connectivity index (χ1) is 19.6. The molecule has 0 radical (unpaired) electrons. The molecule has 4 aliphatic rings. The topological polar surface area (TPSA) is 103 Å². The van der Waals surface area contributed by atoms with Gasteiger partial charge in [-0.25, -0.2) is 9.59 Å². The van der Waals surface area contributed by atoms with E-state index in [9.17, 15) is 40.7 Å². The van der Waals surface area contributed by atoms with E-state index in [-0.39, 0.29) is 30.6 Å². The molecule has 4 N–H and O–H groups in total. The van der Waals surface area contributed by atoms with Gasteiger partial charge in [-0.3, -0.25) is 10.1 Å². The largest absolute Gasteiger partial charge is 0.417 e. The van der Waals surface area contributed by atoms with Crippen LogP contribution in [0.4, 0.5) is 35.9 Å². The predicted molar refractivity (Wildman–Crippen MR) is 138 cm³/mol. The fraction of sp³-hybridized carbons (Fsp3) is 0.423. The Morgan fingerprint density at radius 1 is 0.881 bits per heavy atom. The summed E-state index contributed by atoms with van der Waals surface area (Å²) in [7, 11) is 0. The van der Waals surface area contributed by atoms with E-state index in [2.05, 4.69) is 21.3 Å². The Morgan fingerprint density at radius 3 is 1.88 bits per heavy atom. The van der Waals surface area contributed by atoms with Crippen LogP contribution < -0.4 is 21.3 Å². The van der Waals surface area contributed by atoms with Gasteiger partial charge in [-0.05, 0) is 65.3 Å². The summed E-state index contributed by atoms with van der Waals surface area (Å²) in [5, 5.41) is 9.75. The summed E-state index contributed by atoms with van der Waals surface area (Å²) >= 11 is 11.3. The minimum absolute atomic E-state index is 0.00357. The van der Waals surface area contributed by atoms with Gasteiger partial charge in [0.1, 0.15) is 5.54 Å². The van der Waals surface area contributed by atoms with Crippen molar-refractivity contribution in [3.05, 3.63) is 67.7 Å². The summed E-state index contributed by atoms with van der Waals surface area (Å²) in [6.45, 7) is 1.09. The third kappa shape index (κ3) is 5.97. The predicted octanol–water partition coefficient (Wildman–Crippen LogP) is 5.33. The molecule has 2 fully saturated rings. The molecule has 226 valence electrons. The van der Waals surface area contributed by atoms with Gasteiger partial charge >= 0.3 is 24.4 Å². The molecule has 8 nitrogen and oxygen atoms in total. The summed E-state index contributed by atoms with van der Waals surface area (Å²) in [5.41, 5.74) is -0.418. The van der Waals surface area contributed by atoms with E-state index in [0.717, 1.165) is 30.5 Å². The van der Waals surface area contributed by atoms with Gasteiger partial charge in [-0.1, -0.05) is 23.2 Å². The van der Waals surface area contributed by atoms with E-state index in [1.54, 1.807) is 0 Å². The Balaban J connectivity index is 0.000000211. The molecule has 3 aliphatic heterocycles. The van der Waals surface area contributed by atoms with Crippen molar-refractivity contribution < 1.29 is 40.7 Å². The van der Waals surface area contributed by atoms with Gasteiger partial charge in [-0.15, -0.1) is 0 Å². The van der Waals surface area contributed by atoms with Gasteiger partial charge in [0.15, 0.2) is 0 Å². The number of amides is 5. The summed E-state index contributed by atoms with van der Waals surface area (Å²) in [6.07, 6.45) is -7.42. The van der Waals surface area contributed by atoms with Gasteiger partial charge in [0.25, 0.3) is 5.91 Å². The second-order valence-corrected chi connectivity index (χ2v) is 11.3. The fourth-order valence-corrected chi connectivity index (χ4v) is 5.87. The van der Waals surface area contributed by atoms with Crippen molar-refractivity contribution in [2.75, 3.05) is 6.54 Å². The highest BCUT2D eigenvalue weighted by atomic mass is 35.5. The van der Waals surface area contributed by atoms with Crippen LogP contribution in [0.1, 0.15) is 46.2 Å². The van der Waals surface area contributed by atoms with Gasteiger partial charge in [0, 0.05) is 26.2 Å². The lowest BCUT2D eigenvalue weighted by Gasteiger charge is -2.27. The maximum absolute atomic E-state index is 13.0. The Labute approximate surface area is 245 Å². The average molecular weight is 638 g/mol. The van der Waals surface area contributed by atoms with Crippen LogP contribution in [0.2, 0.25) is 10.0 Å². The molecule has 2 aromatic rings. The summed E-state index contributed by atoms with van der Waals surface area (Å²) in [6, 6.07) is 3.56. The van der Waals surface area contributed by atoms with Crippen LogP contribution in [0.5, 0.6) is 0 Å². The van der Waals surface area contributed by atoms with Crippen LogP contribution in [-0.2, 0) is 43.3 Å². The first kappa shape index (κ1) is 30.2. The van der Waals surface area contributed by atoms with Crippen LogP contribution in [0.15, 0.2) is 24.3 Å². The fourth-order valence-electron chi connectivity index (χ4n) is 5.28. The SMILES string of the molecule is FC(F)(F)c1cc2c(cc1Cl)CNC2.O=C1NC(=O)[C@](CNC(=O)N2Cc3cc(Cl)c(C(F)(F)F)cc3C2)(C2CC2)N1. The molecule has 1 aliphatic carbocycles. The number of alkyl halides is 6. The zero-order chi connectivity index (χ0) is 30.6. The number of rotatable bonds is 3. The van der Waals surface area contributed by atoms with E-state index in [4.69, 9.17) is 23.2 Å². The molecule has 6 rings (SSSR count). The maximum atomic E-state index is 13.0. The third-order valence-electron chi connectivity index (χ3n) is 7.59. The van der Waals surface area contributed by atoms with Crippen LogP contribution in [0.3, 0.4) is 0 Å². The van der Waals surface area contributed by atoms with E-state index in [1.165, 1.54) is 17.0 Å².